The number of hydrogen-bond acceptors (Lipinski definition) is 3. The molecule has 122 valence electrons. The SMILES string of the molecule is O=C(ON1c2ccccc2C=CC1c1ccccc1)c1ccccc1. The molecule has 1 unspecified atom stereocenters. The first-order valence-electron chi connectivity index (χ1n) is 8.22. The zero-order valence-electron chi connectivity index (χ0n) is 13.6. The Morgan fingerprint density at radius 1 is 0.800 bits per heavy atom. The number of carbonyl (C=O) groups excluding carboxylic acids is 1. The van der Waals surface area contributed by atoms with E-state index in [2.05, 4.69) is 12.2 Å². The van der Waals surface area contributed by atoms with E-state index in [-0.39, 0.29) is 12.0 Å². The maximum atomic E-state index is 12.6. The van der Waals surface area contributed by atoms with Gasteiger partial charge in [-0.2, -0.15) is 5.06 Å². The van der Waals surface area contributed by atoms with Crippen LogP contribution in [0.4, 0.5) is 5.69 Å². The molecular formula is C22H17NO2. The Labute approximate surface area is 146 Å². The van der Waals surface area contributed by atoms with Gasteiger partial charge in [-0.25, -0.2) is 4.79 Å². The molecule has 0 fully saturated rings. The second kappa shape index (κ2) is 6.65. The van der Waals surface area contributed by atoms with Crippen LogP contribution in [0.1, 0.15) is 27.5 Å². The van der Waals surface area contributed by atoms with E-state index in [0.29, 0.717) is 5.56 Å². The quantitative estimate of drug-likeness (QED) is 0.675. The molecule has 3 nitrogen and oxygen atoms in total. The molecule has 1 heterocycles. The fraction of sp³-hybridized carbons (Fsp3) is 0.0455. The van der Waals surface area contributed by atoms with Crippen LogP contribution in [0.5, 0.6) is 0 Å². The van der Waals surface area contributed by atoms with Gasteiger partial charge in [0.1, 0.15) is 6.04 Å². The monoisotopic (exact) mass is 327 g/mol. The Morgan fingerprint density at radius 2 is 1.44 bits per heavy atom. The van der Waals surface area contributed by atoms with Gasteiger partial charge in [-0.1, -0.05) is 78.9 Å². The summed E-state index contributed by atoms with van der Waals surface area (Å²) in [5.74, 6) is -0.369. The topological polar surface area (TPSA) is 29.5 Å². The van der Waals surface area contributed by atoms with Crippen molar-refractivity contribution in [2.75, 3.05) is 5.06 Å². The zero-order valence-corrected chi connectivity index (χ0v) is 13.6. The Kier molecular flexibility index (Phi) is 4.05. The van der Waals surface area contributed by atoms with Gasteiger partial charge in [0.2, 0.25) is 0 Å². The number of para-hydroxylation sites is 1. The molecule has 0 aromatic heterocycles. The molecule has 0 N–H and O–H groups in total. The number of anilines is 1. The van der Waals surface area contributed by atoms with Crippen LogP contribution in [0.3, 0.4) is 0 Å². The average Bonchev–Trinajstić information content (AvgIpc) is 2.69. The maximum absolute atomic E-state index is 12.6. The van der Waals surface area contributed by atoms with Gasteiger partial charge in [0.05, 0.1) is 11.3 Å². The molecule has 0 amide bonds. The lowest BCUT2D eigenvalue weighted by atomic mass is 9.99. The van der Waals surface area contributed by atoms with E-state index >= 15 is 0 Å². The normalized spacial score (nSPS) is 15.5. The van der Waals surface area contributed by atoms with E-state index in [0.717, 1.165) is 16.8 Å². The van der Waals surface area contributed by atoms with Crippen LogP contribution in [0.15, 0.2) is 91.0 Å². The van der Waals surface area contributed by atoms with Crippen LogP contribution in [-0.2, 0) is 4.84 Å². The molecule has 0 radical (unpaired) electrons. The number of nitrogens with zero attached hydrogens (tertiary/aromatic N) is 1. The van der Waals surface area contributed by atoms with Crippen molar-refractivity contribution in [2.45, 2.75) is 6.04 Å². The summed E-state index contributed by atoms with van der Waals surface area (Å²) >= 11 is 0. The number of hydrogen-bond donors (Lipinski definition) is 0. The van der Waals surface area contributed by atoms with Crippen molar-refractivity contribution in [3.63, 3.8) is 0 Å². The van der Waals surface area contributed by atoms with Crippen molar-refractivity contribution < 1.29 is 9.63 Å². The Morgan fingerprint density at radius 3 is 2.20 bits per heavy atom. The third-order valence-electron chi connectivity index (χ3n) is 4.22. The van der Waals surface area contributed by atoms with Gasteiger partial charge in [0.25, 0.3) is 0 Å². The Balaban J connectivity index is 1.72. The predicted octanol–water partition coefficient (Wildman–Crippen LogP) is 5.03. The molecule has 3 heteroatoms. The lowest BCUT2D eigenvalue weighted by Crippen LogP contribution is -2.32. The van der Waals surface area contributed by atoms with Crippen molar-refractivity contribution in [1.82, 2.24) is 0 Å². The lowest BCUT2D eigenvalue weighted by molar-refractivity contribution is 0.0420. The molecule has 25 heavy (non-hydrogen) atoms. The molecule has 0 aliphatic carbocycles. The standard InChI is InChI=1S/C22H17NO2/c24-22(19-12-5-2-6-13-19)25-23-20-14-8-7-11-18(20)15-16-21(23)17-9-3-1-4-10-17/h1-16,21H. The largest absolute Gasteiger partial charge is 0.363 e. The van der Waals surface area contributed by atoms with Crippen molar-refractivity contribution in [3.8, 4) is 0 Å². The minimum atomic E-state index is -0.369. The zero-order chi connectivity index (χ0) is 17.1. The summed E-state index contributed by atoms with van der Waals surface area (Å²) < 4.78 is 0. The van der Waals surface area contributed by atoms with E-state index in [1.807, 2.05) is 72.8 Å². The van der Waals surface area contributed by atoms with Crippen molar-refractivity contribution in [3.05, 3.63) is 108 Å². The molecular weight excluding hydrogens is 310 g/mol. The molecule has 0 spiro atoms. The van der Waals surface area contributed by atoms with E-state index < -0.39 is 0 Å². The highest BCUT2D eigenvalue weighted by Gasteiger charge is 2.27. The average molecular weight is 327 g/mol. The molecule has 3 aromatic rings. The second-order valence-electron chi connectivity index (χ2n) is 5.84. The van der Waals surface area contributed by atoms with Crippen molar-refractivity contribution >= 4 is 17.7 Å². The summed E-state index contributed by atoms with van der Waals surface area (Å²) in [7, 11) is 0. The fourth-order valence-corrected chi connectivity index (χ4v) is 2.97. The van der Waals surface area contributed by atoms with Gasteiger partial charge in [0, 0.05) is 5.56 Å². The Bertz CT molecular complexity index is 904. The van der Waals surface area contributed by atoms with Crippen molar-refractivity contribution in [2.24, 2.45) is 0 Å². The summed E-state index contributed by atoms with van der Waals surface area (Å²) in [5.41, 5.74) is 3.49. The molecule has 1 atom stereocenters. The predicted molar refractivity (Wildman–Crippen MR) is 99.0 cm³/mol. The first kappa shape index (κ1) is 15.2. The van der Waals surface area contributed by atoms with Crippen LogP contribution in [0.2, 0.25) is 0 Å². The highest BCUT2D eigenvalue weighted by atomic mass is 16.7. The van der Waals surface area contributed by atoms with E-state index in [4.69, 9.17) is 4.84 Å². The highest BCUT2D eigenvalue weighted by molar-refractivity contribution is 5.90. The van der Waals surface area contributed by atoms with Crippen LogP contribution in [0.25, 0.3) is 6.08 Å². The number of hydroxylamine groups is 1. The molecule has 0 bridgehead atoms. The molecule has 1 aliphatic rings. The van der Waals surface area contributed by atoms with Gasteiger partial charge in [-0.05, 0) is 23.8 Å². The summed E-state index contributed by atoms with van der Waals surface area (Å²) in [4.78, 5) is 18.4. The number of rotatable bonds is 3. The minimum absolute atomic E-state index is 0.163. The number of fused-ring (bicyclic) bond motifs is 1. The van der Waals surface area contributed by atoms with E-state index in [9.17, 15) is 4.79 Å². The summed E-state index contributed by atoms with van der Waals surface area (Å²) in [5, 5.41) is 1.69. The minimum Gasteiger partial charge on any atom is -0.334 e. The smallest absolute Gasteiger partial charge is 0.334 e. The van der Waals surface area contributed by atoms with E-state index in [1.165, 1.54) is 0 Å². The molecule has 0 saturated carbocycles. The summed E-state index contributed by atoms with van der Waals surface area (Å²) in [6.07, 6.45) is 4.12. The number of carbonyl (C=O) groups is 1. The highest BCUT2D eigenvalue weighted by Crippen LogP contribution is 2.36. The summed E-state index contributed by atoms with van der Waals surface area (Å²) in [6.45, 7) is 0. The van der Waals surface area contributed by atoms with Gasteiger partial charge in [-0.15, -0.1) is 0 Å². The molecule has 4 rings (SSSR count). The van der Waals surface area contributed by atoms with E-state index in [1.54, 1.807) is 17.2 Å². The maximum Gasteiger partial charge on any atom is 0.363 e. The van der Waals surface area contributed by atoms with Crippen LogP contribution < -0.4 is 5.06 Å². The van der Waals surface area contributed by atoms with Gasteiger partial charge < -0.3 is 4.84 Å². The van der Waals surface area contributed by atoms with Crippen LogP contribution >= 0.6 is 0 Å². The number of benzene rings is 3. The lowest BCUT2D eigenvalue weighted by Gasteiger charge is -2.33. The first-order chi connectivity index (χ1) is 12.3. The van der Waals surface area contributed by atoms with Crippen LogP contribution in [-0.4, -0.2) is 5.97 Å². The van der Waals surface area contributed by atoms with Gasteiger partial charge in [-0.3, -0.25) is 0 Å². The van der Waals surface area contributed by atoms with Gasteiger partial charge >= 0.3 is 5.97 Å². The molecule has 1 aliphatic heterocycles. The third-order valence-corrected chi connectivity index (χ3v) is 4.22. The van der Waals surface area contributed by atoms with Crippen molar-refractivity contribution in [1.29, 1.82) is 0 Å². The van der Waals surface area contributed by atoms with Gasteiger partial charge in [0.15, 0.2) is 0 Å². The van der Waals surface area contributed by atoms with Crippen LogP contribution in [0, 0.1) is 0 Å². The summed E-state index contributed by atoms with van der Waals surface area (Å²) in [6, 6.07) is 26.8. The first-order valence-corrected chi connectivity index (χ1v) is 8.22. The molecule has 3 aromatic carbocycles. The molecule has 0 saturated heterocycles. The fourth-order valence-electron chi connectivity index (χ4n) is 2.97. The second-order valence-corrected chi connectivity index (χ2v) is 5.84. The Hall–Kier alpha value is -3.33. The third kappa shape index (κ3) is 3.04.